The third-order valence-corrected chi connectivity index (χ3v) is 3.58. The molecule has 6 heteroatoms. The van der Waals surface area contributed by atoms with Gasteiger partial charge in [0.05, 0.1) is 0 Å². The molecule has 1 aliphatic rings. The lowest BCUT2D eigenvalue weighted by Gasteiger charge is -2.32. The molecule has 0 saturated carbocycles. The van der Waals surface area contributed by atoms with Crippen molar-refractivity contribution in [3.8, 4) is 0 Å². The lowest BCUT2D eigenvalue weighted by Crippen LogP contribution is -2.43. The first kappa shape index (κ1) is 12.7. The number of aromatic nitrogens is 1. The summed E-state index contributed by atoms with van der Waals surface area (Å²) in [6.07, 6.45) is 5.40. The molecule has 1 aliphatic heterocycles. The molecule has 17 heavy (non-hydrogen) atoms. The van der Waals surface area contributed by atoms with E-state index < -0.39 is 5.54 Å². The van der Waals surface area contributed by atoms with Crippen molar-refractivity contribution in [2.45, 2.75) is 18.4 Å². The van der Waals surface area contributed by atoms with E-state index in [9.17, 15) is 0 Å². The molecular weight excluding hydrogens is 348 g/mol. The van der Waals surface area contributed by atoms with E-state index in [1.165, 1.54) is 0 Å². The van der Waals surface area contributed by atoms with Gasteiger partial charge in [0, 0.05) is 35.1 Å². The Kier molecular flexibility index (Phi) is 3.38. The average Bonchev–Trinajstić information content (AvgIpc) is 2.18. The predicted octanol–water partition coefficient (Wildman–Crippen LogP) is 2.55. The molecule has 4 N–H and O–H groups in total. The highest BCUT2D eigenvalue weighted by Gasteiger charge is 2.32. The first-order chi connectivity index (χ1) is 7.90. The van der Waals surface area contributed by atoms with Gasteiger partial charge >= 0.3 is 0 Å². The van der Waals surface area contributed by atoms with Crippen LogP contribution >= 0.6 is 31.9 Å². The number of pyridine rings is 1. The Labute approximate surface area is 116 Å². The fraction of sp³-hybridized carbons (Fsp3) is 0.273. The largest absolute Gasteiger partial charge is 0.398 e. The fourth-order valence-electron chi connectivity index (χ4n) is 1.82. The van der Waals surface area contributed by atoms with Crippen LogP contribution in [0.15, 0.2) is 32.5 Å². The van der Waals surface area contributed by atoms with E-state index in [1.54, 1.807) is 18.5 Å². The molecule has 2 heterocycles. The molecule has 90 valence electrons. The molecule has 0 radical (unpaired) electrons. The Hall–Kier alpha value is -0.720. The van der Waals surface area contributed by atoms with Crippen LogP contribution in [-0.4, -0.2) is 16.7 Å². The topological polar surface area (TPSA) is 77.3 Å². The Morgan fingerprint density at radius 2 is 2.12 bits per heavy atom. The second-order valence-electron chi connectivity index (χ2n) is 4.22. The number of nitrogens with two attached hydrogens (primary N) is 2. The van der Waals surface area contributed by atoms with E-state index in [-0.39, 0.29) is 5.92 Å². The van der Waals surface area contributed by atoms with Crippen molar-refractivity contribution < 1.29 is 0 Å². The number of nitrogen functional groups attached to an aromatic ring is 1. The molecule has 0 spiro atoms. The number of hydrogen-bond donors (Lipinski definition) is 2. The first-order valence-electron chi connectivity index (χ1n) is 5.02. The third-order valence-electron chi connectivity index (χ3n) is 2.72. The molecule has 1 aromatic rings. The van der Waals surface area contributed by atoms with Crippen LogP contribution in [0, 0.1) is 0 Å². The van der Waals surface area contributed by atoms with Crippen molar-refractivity contribution in [3.63, 3.8) is 0 Å². The molecular formula is C11H12Br2N4. The summed E-state index contributed by atoms with van der Waals surface area (Å²) in [5.74, 6) is -0.0793. The van der Waals surface area contributed by atoms with E-state index in [0.29, 0.717) is 10.3 Å². The Morgan fingerprint density at radius 3 is 2.71 bits per heavy atom. The Balaban J connectivity index is 2.45. The highest BCUT2D eigenvalue weighted by Crippen LogP contribution is 2.34. The molecule has 1 aromatic heterocycles. The van der Waals surface area contributed by atoms with Gasteiger partial charge in [0.1, 0.15) is 9.21 Å². The summed E-state index contributed by atoms with van der Waals surface area (Å²) in [5, 5.41) is 0. The highest BCUT2D eigenvalue weighted by atomic mass is 79.9. The van der Waals surface area contributed by atoms with E-state index in [1.807, 2.05) is 13.0 Å². The minimum atomic E-state index is -0.537. The van der Waals surface area contributed by atoms with Gasteiger partial charge < -0.3 is 11.5 Å². The van der Waals surface area contributed by atoms with E-state index >= 15 is 0 Å². The monoisotopic (exact) mass is 358 g/mol. The van der Waals surface area contributed by atoms with Gasteiger partial charge in [0.15, 0.2) is 0 Å². The lowest BCUT2D eigenvalue weighted by molar-refractivity contribution is 0.543. The predicted molar refractivity (Wildman–Crippen MR) is 77.2 cm³/mol. The second-order valence-corrected chi connectivity index (χ2v) is 5.85. The molecule has 4 nitrogen and oxygen atoms in total. The molecule has 0 amide bonds. The van der Waals surface area contributed by atoms with Crippen LogP contribution in [0.4, 0.5) is 5.69 Å². The minimum Gasteiger partial charge on any atom is -0.398 e. The minimum absolute atomic E-state index is 0.0793. The molecule has 0 saturated heterocycles. The number of hydrogen-bond acceptors (Lipinski definition) is 4. The maximum atomic E-state index is 6.26. The van der Waals surface area contributed by atoms with Gasteiger partial charge in [-0.3, -0.25) is 4.99 Å². The Morgan fingerprint density at radius 1 is 1.41 bits per heavy atom. The van der Waals surface area contributed by atoms with Crippen molar-refractivity contribution in [1.82, 2.24) is 4.98 Å². The van der Waals surface area contributed by atoms with Crippen LogP contribution in [0.3, 0.4) is 0 Å². The summed E-state index contributed by atoms with van der Waals surface area (Å²) in [4.78, 5) is 8.41. The number of rotatable bonds is 1. The molecule has 0 aromatic carbocycles. The lowest BCUT2D eigenvalue weighted by atomic mass is 9.81. The molecule has 0 bridgehead atoms. The van der Waals surface area contributed by atoms with Gasteiger partial charge in [-0.25, -0.2) is 4.98 Å². The maximum Gasteiger partial charge on any atom is 0.108 e. The van der Waals surface area contributed by atoms with Crippen molar-refractivity contribution in [2.75, 3.05) is 5.73 Å². The molecule has 2 rings (SSSR count). The quantitative estimate of drug-likeness (QED) is 0.597. The van der Waals surface area contributed by atoms with Crippen LogP contribution < -0.4 is 11.5 Å². The van der Waals surface area contributed by atoms with Crippen LogP contribution in [0.25, 0.3) is 0 Å². The van der Waals surface area contributed by atoms with Crippen molar-refractivity contribution in [1.29, 1.82) is 0 Å². The van der Waals surface area contributed by atoms with Gasteiger partial charge in [0.2, 0.25) is 0 Å². The number of nitrogens with zero attached hydrogens (tertiary/aromatic N) is 2. The first-order valence-corrected chi connectivity index (χ1v) is 6.61. The number of halogens is 2. The molecule has 0 fully saturated rings. The van der Waals surface area contributed by atoms with E-state index in [0.717, 1.165) is 10.2 Å². The van der Waals surface area contributed by atoms with Gasteiger partial charge in [-0.1, -0.05) is 0 Å². The zero-order valence-corrected chi connectivity index (χ0v) is 12.4. The van der Waals surface area contributed by atoms with Gasteiger partial charge in [-0.05, 0) is 50.9 Å². The summed E-state index contributed by atoms with van der Waals surface area (Å²) in [6.45, 7) is 1.94. The van der Waals surface area contributed by atoms with Crippen LogP contribution in [0.5, 0.6) is 0 Å². The normalized spacial score (nSPS) is 28.0. The highest BCUT2D eigenvalue weighted by molar-refractivity contribution is 9.11. The van der Waals surface area contributed by atoms with Gasteiger partial charge in [-0.15, -0.1) is 0 Å². The standard InChI is InChI=1S/C11H12Br2N4/c1-11(15)3-10(13)17-5-7(11)6-4-16-9(12)2-8(6)14/h2-5,7H,15H2,1H3,(H2,14,16). The van der Waals surface area contributed by atoms with Gasteiger partial charge in [-0.2, -0.15) is 0 Å². The molecule has 2 unspecified atom stereocenters. The smallest absolute Gasteiger partial charge is 0.108 e. The van der Waals surface area contributed by atoms with E-state index in [4.69, 9.17) is 11.5 Å². The number of aliphatic imine (C=N–C) groups is 1. The van der Waals surface area contributed by atoms with Crippen LogP contribution in [0.1, 0.15) is 18.4 Å². The summed E-state index contributed by atoms with van der Waals surface area (Å²) in [7, 11) is 0. The number of anilines is 1. The third kappa shape index (κ3) is 2.59. The Bertz CT molecular complexity index is 508. The average molecular weight is 360 g/mol. The SMILES string of the molecule is CC1(N)C=C(Br)N=CC1c1cnc(Br)cc1N. The van der Waals surface area contributed by atoms with E-state index in [2.05, 4.69) is 41.8 Å². The summed E-state index contributed by atoms with van der Waals surface area (Å²) < 4.78 is 1.45. The van der Waals surface area contributed by atoms with Crippen molar-refractivity contribution in [3.05, 3.63) is 33.1 Å². The van der Waals surface area contributed by atoms with Crippen molar-refractivity contribution in [2.24, 2.45) is 10.7 Å². The zero-order chi connectivity index (χ0) is 12.6. The van der Waals surface area contributed by atoms with Crippen LogP contribution in [-0.2, 0) is 0 Å². The fourth-order valence-corrected chi connectivity index (χ4v) is 2.78. The summed E-state index contributed by atoms with van der Waals surface area (Å²) in [6, 6.07) is 1.77. The summed E-state index contributed by atoms with van der Waals surface area (Å²) in [5.41, 5.74) is 13.3. The van der Waals surface area contributed by atoms with Gasteiger partial charge in [0.25, 0.3) is 0 Å². The zero-order valence-electron chi connectivity index (χ0n) is 9.19. The van der Waals surface area contributed by atoms with Crippen LogP contribution in [0.2, 0.25) is 0 Å². The maximum absolute atomic E-state index is 6.26. The molecule has 0 aliphatic carbocycles. The van der Waals surface area contributed by atoms with Crippen molar-refractivity contribution >= 4 is 43.8 Å². The second kappa shape index (κ2) is 4.51. The summed E-state index contributed by atoms with van der Waals surface area (Å²) >= 11 is 6.61. The molecule has 2 atom stereocenters.